The fourth-order valence-electron chi connectivity index (χ4n) is 4.17. The molecular formula is C24H23Cl3N2O. The van der Waals surface area contributed by atoms with Gasteiger partial charge < -0.3 is 10.0 Å². The zero-order chi connectivity index (χ0) is 21.1. The molecule has 30 heavy (non-hydrogen) atoms. The smallest absolute Gasteiger partial charge is 0.0670 e. The van der Waals surface area contributed by atoms with E-state index in [4.69, 9.17) is 34.8 Å². The lowest BCUT2D eigenvalue weighted by molar-refractivity contribution is 0.103. The largest absolute Gasteiger partial charge is 0.394 e. The minimum Gasteiger partial charge on any atom is -0.394 e. The molecule has 3 nitrogen and oxygen atoms in total. The summed E-state index contributed by atoms with van der Waals surface area (Å²) in [6, 6.07) is 23.7. The van der Waals surface area contributed by atoms with Gasteiger partial charge in [0.15, 0.2) is 0 Å². The first-order chi connectivity index (χ1) is 14.6. The molecule has 1 fully saturated rings. The van der Waals surface area contributed by atoms with Crippen molar-refractivity contribution in [2.24, 2.45) is 0 Å². The highest BCUT2D eigenvalue weighted by atomic mass is 35.5. The summed E-state index contributed by atoms with van der Waals surface area (Å²) in [6.07, 6.45) is 0. The van der Waals surface area contributed by atoms with Gasteiger partial charge in [0.25, 0.3) is 0 Å². The normalized spacial score (nSPS) is 18.4. The molecule has 1 aliphatic rings. The summed E-state index contributed by atoms with van der Waals surface area (Å²) in [5.74, 6) is 0. The van der Waals surface area contributed by atoms with Crippen LogP contribution >= 0.6 is 34.8 Å². The Hall–Kier alpha value is -1.75. The lowest BCUT2D eigenvalue weighted by Gasteiger charge is -2.46. The fraction of sp³-hybridized carbons (Fsp3) is 0.250. The van der Waals surface area contributed by atoms with E-state index >= 15 is 0 Å². The SMILES string of the molecule is OC[C@H](c1ccccc1)N1CCN(c2ccc(Cl)cc2Cl)[C@H](c2ccc(Cl)cc2)C1. The van der Waals surface area contributed by atoms with E-state index in [0.29, 0.717) is 15.1 Å². The Morgan fingerprint density at radius 2 is 1.57 bits per heavy atom. The van der Waals surface area contributed by atoms with Crippen LogP contribution in [-0.4, -0.2) is 36.2 Å². The molecule has 0 bridgehead atoms. The second kappa shape index (κ2) is 9.59. The molecular weight excluding hydrogens is 439 g/mol. The first-order valence-corrected chi connectivity index (χ1v) is 11.1. The minimum absolute atomic E-state index is 0.0520. The summed E-state index contributed by atoms with van der Waals surface area (Å²) in [5.41, 5.74) is 3.23. The van der Waals surface area contributed by atoms with Crippen LogP contribution in [0.3, 0.4) is 0 Å². The highest BCUT2D eigenvalue weighted by Gasteiger charge is 2.33. The van der Waals surface area contributed by atoms with Crippen LogP contribution in [0.5, 0.6) is 0 Å². The number of rotatable bonds is 5. The van der Waals surface area contributed by atoms with Crippen LogP contribution in [-0.2, 0) is 0 Å². The van der Waals surface area contributed by atoms with E-state index in [2.05, 4.69) is 34.1 Å². The minimum atomic E-state index is -0.0520. The van der Waals surface area contributed by atoms with Gasteiger partial charge in [0, 0.05) is 29.7 Å². The number of nitrogens with zero attached hydrogens (tertiary/aromatic N) is 2. The van der Waals surface area contributed by atoms with Crippen LogP contribution < -0.4 is 4.90 Å². The van der Waals surface area contributed by atoms with Crippen molar-refractivity contribution in [2.75, 3.05) is 31.1 Å². The van der Waals surface area contributed by atoms with Gasteiger partial charge in [0.05, 0.1) is 29.4 Å². The summed E-state index contributed by atoms with van der Waals surface area (Å²) < 4.78 is 0. The Labute approximate surface area is 192 Å². The highest BCUT2D eigenvalue weighted by molar-refractivity contribution is 6.36. The van der Waals surface area contributed by atoms with Gasteiger partial charge in [-0.05, 0) is 41.5 Å². The van der Waals surface area contributed by atoms with Crippen LogP contribution in [0.25, 0.3) is 0 Å². The molecule has 1 heterocycles. The molecule has 2 atom stereocenters. The predicted molar refractivity (Wildman–Crippen MR) is 126 cm³/mol. The molecule has 0 radical (unpaired) electrons. The van der Waals surface area contributed by atoms with E-state index in [-0.39, 0.29) is 18.7 Å². The van der Waals surface area contributed by atoms with Gasteiger partial charge in [-0.2, -0.15) is 0 Å². The average molecular weight is 462 g/mol. The molecule has 0 spiro atoms. The Morgan fingerprint density at radius 3 is 2.23 bits per heavy atom. The third kappa shape index (κ3) is 4.61. The molecule has 0 unspecified atom stereocenters. The first kappa shape index (κ1) is 21.5. The van der Waals surface area contributed by atoms with E-state index < -0.39 is 0 Å². The summed E-state index contributed by atoms with van der Waals surface area (Å²) in [6.45, 7) is 2.40. The van der Waals surface area contributed by atoms with Crippen molar-refractivity contribution in [3.63, 3.8) is 0 Å². The number of aliphatic hydroxyl groups is 1. The number of piperazine rings is 1. The van der Waals surface area contributed by atoms with E-state index in [0.717, 1.165) is 36.4 Å². The van der Waals surface area contributed by atoms with E-state index in [1.807, 2.05) is 42.5 Å². The molecule has 3 aromatic rings. The maximum atomic E-state index is 10.2. The van der Waals surface area contributed by atoms with Crippen LogP contribution in [0.4, 0.5) is 5.69 Å². The van der Waals surface area contributed by atoms with Crippen LogP contribution in [0.2, 0.25) is 15.1 Å². The number of hydrogen-bond donors (Lipinski definition) is 1. The highest BCUT2D eigenvalue weighted by Crippen LogP contribution is 2.38. The lowest BCUT2D eigenvalue weighted by Crippen LogP contribution is -2.50. The van der Waals surface area contributed by atoms with Gasteiger partial charge in [-0.3, -0.25) is 4.90 Å². The lowest BCUT2D eigenvalue weighted by atomic mass is 9.98. The summed E-state index contributed by atoms with van der Waals surface area (Å²) in [4.78, 5) is 4.66. The maximum Gasteiger partial charge on any atom is 0.0670 e. The molecule has 6 heteroatoms. The van der Waals surface area contributed by atoms with E-state index in [9.17, 15) is 5.11 Å². The zero-order valence-electron chi connectivity index (χ0n) is 16.4. The molecule has 0 amide bonds. The van der Waals surface area contributed by atoms with Crippen molar-refractivity contribution in [2.45, 2.75) is 12.1 Å². The van der Waals surface area contributed by atoms with Gasteiger partial charge in [0.2, 0.25) is 0 Å². The number of halogens is 3. The maximum absolute atomic E-state index is 10.2. The van der Waals surface area contributed by atoms with Crippen molar-refractivity contribution in [1.29, 1.82) is 0 Å². The number of anilines is 1. The summed E-state index contributed by atoms with van der Waals surface area (Å²) in [5, 5.41) is 12.1. The Bertz CT molecular complexity index is 982. The molecule has 0 saturated carbocycles. The standard InChI is InChI=1S/C24H23Cl3N2O/c25-19-8-6-18(7-9-19)23-15-28(24(16-30)17-4-2-1-3-5-17)12-13-29(23)22-11-10-20(26)14-21(22)27/h1-11,14,23-24,30H,12-13,15-16H2/t23-,24+/m0/s1. The third-order valence-corrected chi connectivity index (χ3v) is 6.47. The van der Waals surface area contributed by atoms with Gasteiger partial charge in [-0.15, -0.1) is 0 Å². The second-order valence-electron chi connectivity index (χ2n) is 7.46. The van der Waals surface area contributed by atoms with Gasteiger partial charge in [0.1, 0.15) is 0 Å². The molecule has 1 N–H and O–H groups in total. The second-order valence-corrected chi connectivity index (χ2v) is 8.74. The zero-order valence-corrected chi connectivity index (χ0v) is 18.7. The van der Waals surface area contributed by atoms with Crippen molar-refractivity contribution in [1.82, 2.24) is 4.90 Å². The predicted octanol–water partition coefficient (Wildman–Crippen LogP) is 6.24. The first-order valence-electron chi connectivity index (χ1n) is 9.94. The van der Waals surface area contributed by atoms with Crippen molar-refractivity contribution >= 4 is 40.5 Å². The van der Waals surface area contributed by atoms with Crippen molar-refractivity contribution < 1.29 is 5.11 Å². The van der Waals surface area contributed by atoms with Crippen molar-refractivity contribution in [3.8, 4) is 0 Å². The topological polar surface area (TPSA) is 26.7 Å². The average Bonchev–Trinajstić information content (AvgIpc) is 2.76. The van der Waals surface area contributed by atoms with Crippen LogP contribution in [0, 0.1) is 0 Å². The number of aliphatic hydroxyl groups excluding tert-OH is 1. The van der Waals surface area contributed by atoms with E-state index in [1.165, 1.54) is 0 Å². The van der Waals surface area contributed by atoms with Gasteiger partial charge in [-0.25, -0.2) is 0 Å². The molecule has 4 rings (SSSR count). The van der Waals surface area contributed by atoms with Crippen molar-refractivity contribution in [3.05, 3.63) is 99.0 Å². The number of hydrogen-bond acceptors (Lipinski definition) is 3. The molecule has 1 saturated heterocycles. The molecule has 1 aliphatic heterocycles. The molecule has 0 aliphatic carbocycles. The molecule has 156 valence electrons. The summed E-state index contributed by atoms with van der Waals surface area (Å²) in [7, 11) is 0. The van der Waals surface area contributed by atoms with E-state index in [1.54, 1.807) is 6.07 Å². The molecule has 3 aromatic carbocycles. The Balaban J connectivity index is 1.68. The summed E-state index contributed by atoms with van der Waals surface area (Å²) >= 11 is 18.8. The monoisotopic (exact) mass is 460 g/mol. The van der Waals surface area contributed by atoms with Crippen LogP contribution in [0.1, 0.15) is 23.2 Å². The van der Waals surface area contributed by atoms with Gasteiger partial charge >= 0.3 is 0 Å². The number of benzene rings is 3. The molecule has 0 aromatic heterocycles. The van der Waals surface area contributed by atoms with Crippen LogP contribution in [0.15, 0.2) is 72.8 Å². The fourth-order valence-corrected chi connectivity index (χ4v) is 4.81. The van der Waals surface area contributed by atoms with Gasteiger partial charge in [-0.1, -0.05) is 77.3 Å². The Morgan fingerprint density at radius 1 is 0.867 bits per heavy atom. The Kier molecular flexibility index (Phi) is 6.87. The quantitative estimate of drug-likeness (QED) is 0.487. The third-order valence-electron chi connectivity index (χ3n) is 5.68.